The fourth-order valence-corrected chi connectivity index (χ4v) is 4.05. The van der Waals surface area contributed by atoms with E-state index in [1.165, 1.54) is 12.8 Å². The Kier molecular flexibility index (Phi) is 12.7. The lowest BCUT2D eigenvalue weighted by molar-refractivity contribution is 0.123. The molecule has 0 bridgehead atoms. The lowest BCUT2D eigenvalue weighted by Gasteiger charge is -2.11. The van der Waals surface area contributed by atoms with E-state index in [9.17, 15) is 8.42 Å². The third-order valence-electron chi connectivity index (χ3n) is 4.27. The molecule has 1 saturated carbocycles. The van der Waals surface area contributed by atoms with Gasteiger partial charge in [0, 0.05) is 32.8 Å². The molecule has 1 aromatic rings. The summed E-state index contributed by atoms with van der Waals surface area (Å²) >= 11 is 0. The number of ether oxygens (including phenoxy) is 1. The second-order valence-electron chi connectivity index (χ2n) is 6.99. The average molecular weight is 523 g/mol. The minimum Gasteiger partial charge on any atom is -0.381 e. The molecule has 2 N–H and O–H groups in total. The molecule has 0 atom stereocenters. The summed E-state index contributed by atoms with van der Waals surface area (Å²) in [6, 6.07) is 9.30. The molecule has 6 nitrogen and oxygen atoms in total. The van der Waals surface area contributed by atoms with Crippen LogP contribution in [0.4, 0.5) is 0 Å². The van der Waals surface area contributed by atoms with Crippen LogP contribution in [0.3, 0.4) is 0 Å². The summed E-state index contributed by atoms with van der Waals surface area (Å²) in [5.41, 5.74) is 0.833. The number of nitrogens with one attached hydrogen (secondary N) is 2. The van der Waals surface area contributed by atoms with Crippen molar-refractivity contribution in [1.29, 1.82) is 0 Å². The Morgan fingerprint density at radius 2 is 1.93 bits per heavy atom. The van der Waals surface area contributed by atoms with E-state index in [4.69, 9.17) is 4.74 Å². The molecule has 8 heteroatoms. The number of aliphatic imine (C=N–C) groups is 1. The Bertz CT molecular complexity index is 665. The van der Waals surface area contributed by atoms with Crippen molar-refractivity contribution in [3.8, 4) is 0 Å². The topological polar surface area (TPSA) is 79.8 Å². The van der Waals surface area contributed by atoms with Crippen LogP contribution in [0.15, 0.2) is 35.3 Å². The Morgan fingerprint density at radius 3 is 2.61 bits per heavy atom. The molecule has 0 radical (unpaired) electrons. The van der Waals surface area contributed by atoms with Crippen LogP contribution in [0.2, 0.25) is 0 Å². The predicted octanol–water partition coefficient (Wildman–Crippen LogP) is 2.98. The summed E-state index contributed by atoms with van der Waals surface area (Å²) in [6.07, 6.45) is 4.09. The molecule has 28 heavy (non-hydrogen) atoms. The third kappa shape index (κ3) is 11.9. The first-order chi connectivity index (χ1) is 13.1. The van der Waals surface area contributed by atoms with Crippen LogP contribution in [-0.2, 0) is 20.3 Å². The summed E-state index contributed by atoms with van der Waals surface area (Å²) in [4.78, 5) is 4.47. The zero-order valence-corrected chi connectivity index (χ0v) is 19.9. The van der Waals surface area contributed by atoms with Gasteiger partial charge in [-0.1, -0.05) is 30.3 Å². The molecule has 1 fully saturated rings. The summed E-state index contributed by atoms with van der Waals surface area (Å²) in [5, 5.41) is 6.46. The molecule has 160 valence electrons. The first-order valence-electron chi connectivity index (χ1n) is 9.93. The lowest BCUT2D eigenvalue weighted by atomic mass is 10.2. The number of guanidine groups is 1. The number of benzene rings is 1. The van der Waals surface area contributed by atoms with E-state index < -0.39 is 9.84 Å². The van der Waals surface area contributed by atoms with E-state index in [0.717, 1.165) is 50.2 Å². The molecule has 0 aliphatic heterocycles. The monoisotopic (exact) mass is 523 g/mol. The zero-order chi connectivity index (χ0) is 19.4. The molecule has 0 spiro atoms. The number of halogens is 1. The fourth-order valence-electron chi connectivity index (χ4n) is 2.63. The van der Waals surface area contributed by atoms with Gasteiger partial charge in [0.05, 0.1) is 11.5 Å². The summed E-state index contributed by atoms with van der Waals surface area (Å²) < 4.78 is 30.0. The zero-order valence-electron chi connectivity index (χ0n) is 16.7. The molecule has 0 saturated heterocycles. The van der Waals surface area contributed by atoms with Gasteiger partial charge in [0.25, 0.3) is 0 Å². The molecule has 1 aromatic carbocycles. The number of nitrogens with zero attached hydrogens (tertiary/aromatic N) is 1. The minimum absolute atomic E-state index is 0. The van der Waals surface area contributed by atoms with Gasteiger partial charge in [-0.3, -0.25) is 4.99 Å². The maximum absolute atomic E-state index is 12.2. The van der Waals surface area contributed by atoms with E-state index >= 15 is 0 Å². The number of sulfone groups is 1. The molecule has 1 aliphatic carbocycles. The van der Waals surface area contributed by atoms with Crippen LogP contribution in [0.25, 0.3) is 0 Å². The van der Waals surface area contributed by atoms with Crippen molar-refractivity contribution in [2.75, 3.05) is 38.6 Å². The van der Waals surface area contributed by atoms with Crippen LogP contribution in [-0.4, -0.2) is 53.0 Å². The highest BCUT2D eigenvalue weighted by atomic mass is 127. The third-order valence-corrected chi connectivity index (χ3v) is 5.95. The highest BCUT2D eigenvalue weighted by Crippen LogP contribution is 2.28. The van der Waals surface area contributed by atoms with Gasteiger partial charge < -0.3 is 15.4 Å². The molecular formula is C20H34IN3O3S. The van der Waals surface area contributed by atoms with Crippen molar-refractivity contribution < 1.29 is 13.2 Å². The van der Waals surface area contributed by atoms with E-state index in [2.05, 4.69) is 15.6 Å². The summed E-state index contributed by atoms with van der Waals surface area (Å²) in [7, 11) is -3.10. The van der Waals surface area contributed by atoms with Gasteiger partial charge in [-0.05, 0) is 44.1 Å². The van der Waals surface area contributed by atoms with Crippen LogP contribution < -0.4 is 10.6 Å². The molecule has 0 amide bonds. The standard InChI is InChI=1S/C20H33N3O3S.HI/c1-2-21-20(22-12-6-14-26-16-18-10-11-18)23-13-7-15-27(24,25)17-19-8-4-3-5-9-19;/h3-5,8-9,18H,2,6-7,10-17H2,1H3,(H2,21,22,23);1H. The van der Waals surface area contributed by atoms with Gasteiger partial charge >= 0.3 is 0 Å². The Balaban J connectivity index is 0.00000392. The molecular weight excluding hydrogens is 489 g/mol. The van der Waals surface area contributed by atoms with Gasteiger partial charge in [-0.25, -0.2) is 8.42 Å². The highest BCUT2D eigenvalue weighted by Gasteiger charge is 2.20. The van der Waals surface area contributed by atoms with Gasteiger partial charge in [0.15, 0.2) is 15.8 Å². The van der Waals surface area contributed by atoms with E-state index in [1.807, 2.05) is 37.3 Å². The first kappa shape index (κ1) is 25.2. The minimum atomic E-state index is -3.10. The SMILES string of the molecule is CCNC(=NCCCS(=O)(=O)Cc1ccccc1)NCCCOCC1CC1.I. The van der Waals surface area contributed by atoms with Crippen LogP contribution in [0.1, 0.15) is 38.2 Å². The van der Waals surface area contributed by atoms with Crippen molar-refractivity contribution in [2.45, 2.75) is 38.4 Å². The smallest absolute Gasteiger partial charge is 0.191 e. The van der Waals surface area contributed by atoms with E-state index in [-0.39, 0.29) is 35.5 Å². The van der Waals surface area contributed by atoms with Crippen molar-refractivity contribution in [1.82, 2.24) is 10.6 Å². The maximum atomic E-state index is 12.2. The fraction of sp³-hybridized carbons (Fsp3) is 0.650. The van der Waals surface area contributed by atoms with Crippen molar-refractivity contribution in [3.05, 3.63) is 35.9 Å². The van der Waals surface area contributed by atoms with Gasteiger partial charge in [0.1, 0.15) is 0 Å². The maximum Gasteiger partial charge on any atom is 0.191 e. The predicted molar refractivity (Wildman–Crippen MR) is 126 cm³/mol. The molecule has 2 rings (SSSR count). The van der Waals surface area contributed by atoms with Gasteiger partial charge in [-0.15, -0.1) is 24.0 Å². The van der Waals surface area contributed by atoms with Crippen molar-refractivity contribution >= 4 is 39.8 Å². The second kappa shape index (κ2) is 14.2. The van der Waals surface area contributed by atoms with Crippen molar-refractivity contribution in [2.24, 2.45) is 10.9 Å². The first-order valence-corrected chi connectivity index (χ1v) is 11.8. The van der Waals surface area contributed by atoms with Crippen LogP contribution in [0.5, 0.6) is 0 Å². The Morgan fingerprint density at radius 1 is 1.18 bits per heavy atom. The van der Waals surface area contributed by atoms with Crippen LogP contribution >= 0.6 is 24.0 Å². The molecule has 0 heterocycles. The van der Waals surface area contributed by atoms with Crippen molar-refractivity contribution in [3.63, 3.8) is 0 Å². The number of hydrogen-bond donors (Lipinski definition) is 2. The quantitative estimate of drug-likeness (QED) is 0.180. The Hall–Kier alpha value is -0.870. The van der Waals surface area contributed by atoms with E-state index in [0.29, 0.717) is 13.0 Å². The highest BCUT2D eigenvalue weighted by molar-refractivity contribution is 14.0. The normalized spacial score (nSPS) is 14.4. The van der Waals surface area contributed by atoms with Crippen LogP contribution in [0, 0.1) is 5.92 Å². The molecule has 0 aromatic heterocycles. The Labute approximate surface area is 186 Å². The second-order valence-corrected chi connectivity index (χ2v) is 9.17. The largest absolute Gasteiger partial charge is 0.381 e. The van der Waals surface area contributed by atoms with Gasteiger partial charge in [0.2, 0.25) is 0 Å². The average Bonchev–Trinajstić information content (AvgIpc) is 3.46. The lowest BCUT2D eigenvalue weighted by Crippen LogP contribution is -2.38. The number of rotatable bonds is 13. The summed E-state index contributed by atoms with van der Waals surface area (Å²) in [6.45, 7) is 5.73. The van der Waals surface area contributed by atoms with Gasteiger partial charge in [-0.2, -0.15) is 0 Å². The molecule has 0 unspecified atom stereocenters. The number of hydrogen-bond acceptors (Lipinski definition) is 4. The van der Waals surface area contributed by atoms with E-state index in [1.54, 1.807) is 0 Å². The molecule has 1 aliphatic rings. The summed E-state index contributed by atoms with van der Waals surface area (Å²) in [5.74, 6) is 1.78.